The van der Waals surface area contributed by atoms with Crippen molar-refractivity contribution in [3.63, 3.8) is 0 Å². The third kappa shape index (κ3) is 3.18. The van der Waals surface area contributed by atoms with Gasteiger partial charge < -0.3 is 0 Å². The molecule has 0 aliphatic rings. The zero-order valence-electron chi connectivity index (χ0n) is 10.8. The molecule has 14 heteroatoms. The summed E-state index contributed by atoms with van der Waals surface area (Å²) in [5.41, 5.74) is 0. The molecule has 0 saturated heterocycles. The van der Waals surface area contributed by atoms with Gasteiger partial charge in [-0.1, -0.05) is 6.92 Å². The second-order valence-electron chi connectivity index (χ2n) is 4.30. The van der Waals surface area contributed by atoms with Crippen LogP contribution in [0, 0.1) is 0 Å². The molecular weight excluding hydrogens is 369 g/mol. The molecule has 0 bridgehead atoms. The van der Waals surface area contributed by atoms with Gasteiger partial charge in [-0.05, 0) is 6.42 Å². The van der Waals surface area contributed by atoms with Crippen molar-refractivity contribution in [3.8, 4) is 0 Å². The summed E-state index contributed by atoms with van der Waals surface area (Å²) in [6.07, 6.45) is -7.78. The SMILES string of the molecule is CCCNC(F)(F)C(F)(F)C(F)(F)C(F)(F)C(F)(F)C(F)(F)F. The van der Waals surface area contributed by atoms with Gasteiger partial charge in [0.25, 0.3) is 0 Å². The first-order valence-electron chi connectivity index (χ1n) is 5.52. The van der Waals surface area contributed by atoms with Crippen LogP contribution in [0.3, 0.4) is 0 Å². The van der Waals surface area contributed by atoms with Crippen molar-refractivity contribution < 1.29 is 57.1 Å². The largest absolute Gasteiger partial charge is 0.460 e. The minimum Gasteiger partial charge on any atom is -0.253 e. The van der Waals surface area contributed by atoms with Crippen molar-refractivity contribution in [3.05, 3.63) is 0 Å². The molecule has 0 radical (unpaired) electrons. The molecule has 1 N–H and O–H groups in total. The average Bonchev–Trinajstić information content (AvgIpc) is 2.34. The van der Waals surface area contributed by atoms with Crippen molar-refractivity contribution in [2.75, 3.05) is 6.54 Å². The summed E-state index contributed by atoms with van der Waals surface area (Å²) >= 11 is 0. The summed E-state index contributed by atoms with van der Waals surface area (Å²) in [6.45, 7) is -0.0777. The fourth-order valence-corrected chi connectivity index (χ4v) is 1.16. The quantitative estimate of drug-likeness (QED) is 0.502. The molecule has 0 amide bonds. The van der Waals surface area contributed by atoms with Crippen LogP contribution in [0.15, 0.2) is 0 Å². The van der Waals surface area contributed by atoms with Crippen LogP contribution in [0.4, 0.5) is 57.1 Å². The zero-order valence-corrected chi connectivity index (χ0v) is 10.8. The van der Waals surface area contributed by atoms with E-state index in [0.29, 0.717) is 5.32 Å². The van der Waals surface area contributed by atoms with Crippen molar-refractivity contribution in [1.82, 2.24) is 5.32 Å². The monoisotopic (exact) mass is 377 g/mol. The summed E-state index contributed by atoms with van der Waals surface area (Å²) in [6, 6.07) is -6.18. The number of nitrogens with one attached hydrogen (secondary N) is 1. The fourth-order valence-electron chi connectivity index (χ4n) is 1.16. The van der Waals surface area contributed by atoms with E-state index in [9.17, 15) is 57.1 Å². The number of halogens is 13. The molecule has 0 saturated carbocycles. The van der Waals surface area contributed by atoms with E-state index in [-0.39, 0.29) is 0 Å². The minimum atomic E-state index is -7.85. The normalized spacial score (nSPS) is 15.9. The molecule has 0 aromatic rings. The van der Waals surface area contributed by atoms with Gasteiger partial charge in [-0.3, -0.25) is 5.32 Å². The Labute approximate surface area is 119 Å². The van der Waals surface area contributed by atoms with Crippen LogP contribution in [-0.4, -0.2) is 42.5 Å². The lowest BCUT2D eigenvalue weighted by Gasteiger charge is -2.39. The molecule has 0 aromatic heterocycles. The van der Waals surface area contributed by atoms with Crippen LogP contribution in [0.2, 0.25) is 0 Å². The molecule has 140 valence electrons. The van der Waals surface area contributed by atoms with E-state index >= 15 is 0 Å². The van der Waals surface area contributed by atoms with Crippen molar-refractivity contribution in [1.29, 1.82) is 0 Å². The van der Waals surface area contributed by atoms with Crippen molar-refractivity contribution >= 4 is 0 Å². The average molecular weight is 377 g/mol. The Kier molecular flexibility index (Phi) is 5.60. The molecule has 0 fully saturated rings. The predicted molar refractivity (Wildman–Crippen MR) is 49.1 cm³/mol. The zero-order chi connectivity index (χ0) is 19.1. The van der Waals surface area contributed by atoms with E-state index in [1.165, 1.54) is 0 Å². The summed E-state index contributed by atoms with van der Waals surface area (Å²) in [7, 11) is 0. The Bertz CT molecular complexity index is 410. The lowest BCUT2D eigenvalue weighted by molar-refractivity contribution is -0.442. The molecule has 23 heavy (non-hydrogen) atoms. The molecule has 0 heterocycles. The third-order valence-electron chi connectivity index (χ3n) is 2.53. The summed E-state index contributed by atoms with van der Waals surface area (Å²) in [5, 5.41) is 0.395. The van der Waals surface area contributed by atoms with Gasteiger partial charge in [0.05, 0.1) is 0 Å². The van der Waals surface area contributed by atoms with E-state index in [1.54, 1.807) is 0 Å². The van der Waals surface area contributed by atoms with E-state index in [4.69, 9.17) is 0 Å². The Hall–Kier alpha value is -0.950. The fraction of sp³-hybridized carbons (Fsp3) is 1.00. The number of hydrogen-bond donors (Lipinski definition) is 1. The molecule has 0 aliphatic carbocycles. The van der Waals surface area contributed by atoms with E-state index in [1.807, 2.05) is 0 Å². The Morgan fingerprint density at radius 2 is 0.913 bits per heavy atom. The number of alkyl halides is 13. The smallest absolute Gasteiger partial charge is 0.253 e. The van der Waals surface area contributed by atoms with Crippen molar-refractivity contribution in [2.24, 2.45) is 0 Å². The number of rotatable bonds is 7. The summed E-state index contributed by atoms with van der Waals surface area (Å²) in [4.78, 5) is 0. The van der Waals surface area contributed by atoms with Crippen LogP contribution in [-0.2, 0) is 0 Å². The predicted octanol–water partition coefficient (Wildman–Crippen LogP) is 4.68. The van der Waals surface area contributed by atoms with Crippen LogP contribution in [0.25, 0.3) is 0 Å². The second-order valence-corrected chi connectivity index (χ2v) is 4.30. The lowest BCUT2D eigenvalue weighted by atomic mass is 9.96. The first-order chi connectivity index (χ1) is 9.81. The van der Waals surface area contributed by atoms with Gasteiger partial charge in [-0.2, -0.15) is 57.1 Å². The molecule has 0 aromatic carbocycles. The first kappa shape index (κ1) is 22.1. The molecule has 1 nitrogen and oxygen atoms in total. The van der Waals surface area contributed by atoms with Gasteiger partial charge in [0.2, 0.25) is 0 Å². The van der Waals surface area contributed by atoms with Crippen LogP contribution in [0.1, 0.15) is 13.3 Å². The molecule has 0 unspecified atom stereocenters. The van der Waals surface area contributed by atoms with Crippen LogP contribution >= 0.6 is 0 Å². The van der Waals surface area contributed by atoms with Crippen LogP contribution < -0.4 is 5.32 Å². The van der Waals surface area contributed by atoms with Gasteiger partial charge in [0.15, 0.2) is 0 Å². The lowest BCUT2D eigenvalue weighted by Crippen LogP contribution is -2.72. The molecule has 0 spiro atoms. The summed E-state index contributed by atoms with van der Waals surface area (Å²) < 4.78 is 163. The Morgan fingerprint density at radius 1 is 0.565 bits per heavy atom. The van der Waals surface area contributed by atoms with Gasteiger partial charge in [-0.25, -0.2) is 0 Å². The maximum atomic E-state index is 13.0. The molecule has 0 aliphatic heterocycles. The highest BCUT2D eigenvalue weighted by Gasteiger charge is 2.90. The summed E-state index contributed by atoms with van der Waals surface area (Å²) in [5.74, 6) is -30.5. The van der Waals surface area contributed by atoms with Crippen LogP contribution in [0.5, 0.6) is 0 Å². The van der Waals surface area contributed by atoms with E-state index in [0.717, 1.165) is 6.92 Å². The Morgan fingerprint density at radius 3 is 1.22 bits per heavy atom. The maximum Gasteiger partial charge on any atom is 0.460 e. The highest BCUT2D eigenvalue weighted by Crippen LogP contribution is 2.59. The van der Waals surface area contributed by atoms with Gasteiger partial charge >= 0.3 is 35.9 Å². The third-order valence-corrected chi connectivity index (χ3v) is 2.53. The van der Waals surface area contributed by atoms with Gasteiger partial charge in [0.1, 0.15) is 0 Å². The molecule has 0 rings (SSSR count). The first-order valence-corrected chi connectivity index (χ1v) is 5.52. The van der Waals surface area contributed by atoms with E-state index < -0.39 is 48.9 Å². The van der Waals surface area contributed by atoms with Gasteiger partial charge in [0, 0.05) is 6.54 Å². The highest BCUT2D eigenvalue weighted by atomic mass is 19.4. The number of hydrogen-bond acceptors (Lipinski definition) is 1. The highest BCUT2D eigenvalue weighted by molar-refractivity contribution is 5.09. The Balaban J connectivity index is 6.03. The van der Waals surface area contributed by atoms with E-state index in [2.05, 4.69) is 0 Å². The molecular formula is C9H8F13N. The minimum absolute atomic E-state index is 0.395. The van der Waals surface area contributed by atoms with Crippen molar-refractivity contribution in [2.45, 2.75) is 49.3 Å². The topological polar surface area (TPSA) is 12.0 Å². The standard InChI is InChI=1S/C9H8F13N/c1-2-3-23-9(21,22)7(16,17)5(12,13)4(10,11)6(14,15)8(18,19)20/h23H,2-3H2,1H3. The van der Waals surface area contributed by atoms with Gasteiger partial charge in [-0.15, -0.1) is 0 Å². The second kappa shape index (κ2) is 5.84. The maximum absolute atomic E-state index is 13.0. The molecule has 0 atom stereocenters.